The van der Waals surface area contributed by atoms with Crippen LogP contribution in [-0.4, -0.2) is 33.0 Å². The fourth-order valence-corrected chi connectivity index (χ4v) is 2.68. The van der Waals surface area contributed by atoms with Crippen molar-refractivity contribution in [3.8, 4) is 5.69 Å². The van der Waals surface area contributed by atoms with Gasteiger partial charge in [-0.15, -0.1) is 0 Å². The van der Waals surface area contributed by atoms with E-state index in [-0.39, 0.29) is 0 Å². The van der Waals surface area contributed by atoms with Gasteiger partial charge in [0.05, 0.1) is 5.69 Å². The predicted octanol–water partition coefficient (Wildman–Crippen LogP) is 2.71. The quantitative estimate of drug-likeness (QED) is 0.819. The molecule has 0 unspecified atom stereocenters. The molecule has 16 heavy (non-hydrogen) atoms. The van der Waals surface area contributed by atoms with Crippen LogP contribution >= 0.6 is 10.0 Å². The van der Waals surface area contributed by atoms with E-state index in [0.717, 1.165) is 5.69 Å². The maximum Gasteiger partial charge on any atom is 0.138 e. The fraction of sp³-hybridized carbons (Fsp3) is 0.333. The molecule has 0 spiro atoms. The van der Waals surface area contributed by atoms with E-state index < -0.39 is 10.0 Å². The third kappa shape index (κ3) is 2.11. The van der Waals surface area contributed by atoms with Crippen LogP contribution in [0.2, 0.25) is 0 Å². The smallest absolute Gasteiger partial charge is 0.138 e. The summed E-state index contributed by atoms with van der Waals surface area (Å²) in [6.07, 6.45) is 7.96. The van der Waals surface area contributed by atoms with Crippen molar-refractivity contribution in [1.82, 2.24) is 14.8 Å². The van der Waals surface area contributed by atoms with Crippen molar-refractivity contribution in [2.24, 2.45) is 0 Å². The van der Waals surface area contributed by atoms with Crippen LogP contribution in [0, 0.1) is 0 Å². The van der Waals surface area contributed by atoms with Gasteiger partial charge in [-0.05, 0) is 47.4 Å². The molecule has 1 heterocycles. The Bertz CT molecular complexity index is 446. The molecule has 0 saturated heterocycles. The molecular formula is C12H17N3S. The zero-order chi connectivity index (χ0) is 11.6. The van der Waals surface area contributed by atoms with E-state index in [2.05, 4.69) is 53.8 Å². The maximum atomic E-state index is 4.11. The Balaban J connectivity index is 2.30. The van der Waals surface area contributed by atoms with Crippen molar-refractivity contribution < 1.29 is 0 Å². The van der Waals surface area contributed by atoms with Crippen molar-refractivity contribution in [3.63, 3.8) is 0 Å². The molecule has 0 atom stereocenters. The topological polar surface area (TPSA) is 30.7 Å². The molecule has 2 rings (SSSR count). The van der Waals surface area contributed by atoms with Crippen LogP contribution in [0.1, 0.15) is 6.92 Å². The first kappa shape index (κ1) is 11.2. The van der Waals surface area contributed by atoms with E-state index in [1.54, 1.807) is 17.3 Å². The molecule has 0 aliphatic heterocycles. The van der Waals surface area contributed by atoms with Gasteiger partial charge in [-0.25, -0.2) is 19.7 Å². The third-order valence-corrected chi connectivity index (χ3v) is 5.87. The lowest BCUT2D eigenvalue weighted by atomic mass is 10.3. The Morgan fingerprint density at radius 3 is 2.38 bits per heavy atom. The molecule has 1 aromatic carbocycles. The van der Waals surface area contributed by atoms with Crippen LogP contribution in [0.3, 0.4) is 0 Å². The largest absolute Gasteiger partial charge is 0.223 e. The highest BCUT2D eigenvalue weighted by molar-refractivity contribution is 8.32. The van der Waals surface area contributed by atoms with Gasteiger partial charge in [0.1, 0.15) is 12.7 Å². The van der Waals surface area contributed by atoms with Crippen molar-refractivity contribution >= 4 is 10.0 Å². The fourth-order valence-electron chi connectivity index (χ4n) is 1.48. The van der Waals surface area contributed by atoms with Gasteiger partial charge in [-0.1, -0.05) is 6.92 Å². The molecular weight excluding hydrogens is 218 g/mol. The summed E-state index contributed by atoms with van der Waals surface area (Å²) in [6, 6.07) is 8.62. The molecule has 0 N–H and O–H groups in total. The Morgan fingerprint density at radius 2 is 1.88 bits per heavy atom. The van der Waals surface area contributed by atoms with Crippen molar-refractivity contribution in [1.29, 1.82) is 0 Å². The maximum absolute atomic E-state index is 4.11. The van der Waals surface area contributed by atoms with E-state index in [1.807, 2.05) is 0 Å². The first-order valence-electron chi connectivity index (χ1n) is 5.29. The van der Waals surface area contributed by atoms with Crippen LogP contribution < -0.4 is 0 Å². The number of rotatable bonds is 3. The first-order chi connectivity index (χ1) is 7.63. The van der Waals surface area contributed by atoms with Gasteiger partial charge in [-0.2, -0.15) is 5.10 Å². The normalized spacial score (nSPS) is 12.7. The Kier molecular flexibility index (Phi) is 3.01. The summed E-state index contributed by atoms with van der Waals surface area (Å²) in [4.78, 5) is 5.39. The summed E-state index contributed by atoms with van der Waals surface area (Å²) in [7, 11) is -0.629. The van der Waals surface area contributed by atoms with Crippen LogP contribution in [-0.2, 0) is 0 Å². The SMILES string of the molecule is CCS(C)(C)c1ccc(-n2cncn2)cc1. The van der Waals surface area contributed by atoms with E-state index >= 15 is 0 Å². The molecule has 0 aliphatic carbocycles. The number of aromatic nitrogens is 3. The summed E-state index contributed by atoms with van der Waals surface area (Å²) in [5.74, 6) is 1.22. The molecule has 1 aromatic heterocycles. The second-order valence-electron chi connectivity index (χ2n) is 4.16. The van der Waals surface area contributed by atoms with Gasteiger partial charge < -0.3 is 0 Å². The zero-order valence-electron chi connectivity index (χ0n) is 9.92. The average Bonchev–Trinajstić information content (AvgIpc) is 2.83. The number of hydrogen-bond donors (Lipinski definition) is 0. The molecule has 0 saturated carbocycles. The highest BCUT2D eigenvalue weighted by Crippen LogP contribution is 2.48. The van der Waals surface area contributed by atoms with Gasteiger partial charge in [0.2, 0.25) is 0 Å². The summed E-state index contributed by atoms with van der Waals surface area (Å²) in [5.41, 5.74) is 1.06. The molecule has 4 heteroatoms. The Labute approximate surface area is 97.8 Å². The first-order valence-corrected chi connectivity index (χ1v) is 7.91. The predicted molar refractivity (Wildman–Crippen MR) is 69.6 cm³/mol. The molecule has 86 valence electrons. The van der Waals surface area contributed by atoms with E-state index in [0.29, 0.717) is 0 Å². The molecule has 0 amide bonds. The average molecular weight is 235 g/mol. The van der Waals surface area contributed by atoms with Gasteiger partial charge in [0.25, 0.3) is 0 Å². The number of nitrogens with zero attached hydrogens (tertiary/aromatic N) is 3. The highest BCUT2D eigenvalue weighted by Gasteiger charge is 2.11. The Morgan fingerprint density at radius 1 is 1.19 bits per heavy atom. The Hall–Kier alpha value is -1.29. The summed E-state index contributed by atoms with van der Waals surface area (Å²) in [6.45, 7) is 2.25. The minimum Gasteiger partial charge on any atom is -0.223 e. The third-order valence-electron chi connectivity index (χ3n) is 2.88. The lowest BCUT2D eigenvalue weighted by molar-refractivity contribution is 0.877. The van der Waals surface area contributed by atoms with E-state index in [1.165, 1.54) is 10.6 Å². The lowest BCUT2D eigenvalue weighted by Crippen LogP contribution is -2.00. The van der Waals surface area contributed by atoms with E-state index in [4.69, 9.17) is 0 Å². The second kappa shape index (κ2) is 4.29. The minimum atomic E-state index is -0.629. The van der Waals surface area contributed by atoms with Gasteiger partial charge >= 0.3 is 0 Å². The van der Waals surface area contributed by atoms with Crippen molar-refractivity contribution in [3.05, 3.63) is 36.9 Å². The van der Waals surface area contributed by atoms with Gasteiger partial charge in [0.15, 0.2) is 0 Å². The number of hydrogen-bond acceptors (Lipinski definition) is 2. The summed E-state index contributed by atoms with van der Waals surface area (Å²) >= 11 is 0. The monoisotopic (exact) mass is 235 g/mol. The summed E-state index contributed by atoms with van der Waals surface area (Å²) in [5, 5.41) is 4.11. The molecule has 0 fully saturated rings. The van der Waals surface area contributed by atoms with Crippen LogP contribution in [0.15, 0.2) is 41.8 Å². The van der Waals surface area contributed by atoms with Crippen LogP contribution in [0.25, 0.3) is 5.69 Å². The van der Waals surface area contributed by atoms with Crippen molar-refractivity contribution in [2.45, 2.75) is 11.8 Å². The van der Waals surface area contributed by atoms with Crippen LogP contribution in [0.5, 0.6) is 0 Å². The standard InChI is InChI=1S/C12H17N3S/c1-4-16(2,3)12-7-5-11(6-8-12)15-10-13-9-14-15/h5-10H,4H2,1-3H3. The van der Waals surface area contributed by atoms with Gasteiger partial charge in [0, 0.05) is 0 Å². The van der Waals surface area contributed by atoms with E-state index in [9.17, 15) is 0 Å². The highest BCUT2D eigenvalue weighted by atomic mass is 32.3. The molecule has 0 radical (unpaired) electrons. The van der Waals surface area contributed by atoms with Crippen LogP contribution in [0.4, 0.5) is 0 Å². The van der Waals surface area contributed by atoms with Crippen molar-refractivity contribution in [2.75, 3.05) is 18.3 Å². The summed E-state index contributed by atoms with van der Waals surface area (Å²) < 4.78 is 1.78. The molecule has 0 bridgehead atoms. The minimum absolute atomic E-state index is 0.629. The lowest BCUT2D eigenvalue weighted by Gasteiger charge is -2.30. The second-order valence-corrected chi connectivity index (χ2v) is 8.29. The zero-order valence-corrected chi connectivity index (χ0v) is 10.7. The van der Waals surface area contributed by atoms with Gasteiger partial charge in [-0.3, -0.25) is 0 Å². The molecule has 2 aromatic rings. The molecule has 3 nitrogen and oxygen atoms in total. The number of benzene rings is 1. The molecule has 0 aliphatic rings.